The fourth-order valence-corrected chi connectivity index (χ4v) is 1.72. The number of Topliss-reactive ketones (excluding diaryl/α,β-unsaturated/α-hetero) is 1. The largest absolute Gasteiger partial charge is 0.481 e. The van der Waals surface area contributed by atoms with Crippen LogP contribution in [0.3, 0.4) is 0 Å². The molecule has 1 N–H and O–H groups in total. The lowest BCUT2D eigenvalue weighted by molar-refractivity contribution is -0.140. The molecule has 1 aromatic carbocycles. The first-order chi connectivity index (χ1) is 8.13. The minimum atomic E-state index is -1.10. The molecule has 1 atom stereocenters. The Morgan fingerprint density at radius 3 is 2.71 bits per heavy atom. The van der Waals surface area contributed by atoms with E-state index in [0.29, 0.717) is 17.1 Å². The highest BCUT2D eigenvalue weighted by Crippen LogP contribution is 2.33. The van der Waals surface area contributed by atoms with Crippen molar-refractivity contribution >= 4 is 11.8 Å². The van der Waals surface area contributed by atoms with E-state index in [0.717, 1.165) is 0 Å². The molecule has 1 aliphatic heterocycles. The van der Waals surface area contributed by atoms with E-state index >= 15 is 0 Å². The maximum atomic E-state index is 11.9. The molecule has 17 heavy (non-hydrogen) atoms. The molecule has 0 fully saturated rings. The maximum absolute atomic E-state index is 11.9. The zero-order chi connectivity index (χ0) is 12.4. The summed E-state index contributed by atoms with van der Waals surface area (Å²) in [5.74, 6) is -1.45. The number of ether oxygens (including phenoxy) is 2. The molecule has 90 valence electrons. The molecule has 0 spiro atoms. The van der Waals surface area contributed by atoms with E-state index in [4.69, 9.17) is 14.6 Å². The fourth-order valence-electron chi connectivity index (χ4n) is 1.72. The summed E-state index contributed by atoms with van der Waals surface area (Å²) in [6.07, 6.45) is 0.266. The smallest absolute Gasteiger partial charge is 0.314 e. The van der Waals surface area contributed by atoms with Crippen molar-refractivity contribution in [1.29, 1.82) is 0 Å². The van der Waals surface area contributed by atoms with Crippen molar-refractivity contribution in [2.24, 2.45) is 5.92 Å². The lowest BCUT2D eigenvalue weighted by Gasteiger charge is -2.08. The van der Waals surface area contributed by atoms with Gasteiger partial charge in [0.05, 0.1) is 0 Å². The van der Waals surface area contributed by atoms with Crippen LogP contribution in [0.5, 0.6) is 11.5 Å². The van der Waals surface area contributed by atoms with Crippen molar-refractivity contribution in [1.82, 2.24) is 0 Å². The molecular weight excluding hydrogens is 224 g/mol. The normalized spacial score (nSPS) is 14.4. The molecule has 1 unspecified atom stereocenters. The highest BCUT2D eigenvalue weighted by atomic mass is 16.7. The SMILES string of the molecule is CCC(C(=O)O)C(=O)c1ccc2c(c1)OCO2. The molecule has 0 saturated carbocycles. The third-order valence-corrected chi connectivity index (χ3v) is 2.68. The summed E-state index contributed by atoms with van der Waals surface area (Å²) in [6, 6.07) is 4.70. The van der Waals surface area contributed by atoms with Gasteiger partial charge in [-0.2, -0.15) is 0 Å². The second-order valence-corrected chi connectivity index (χ2v) is 3.73. The number of carbonyl (C=O) groups is 2. The predicted molar refractivity (Wildman–Crippen MR) is 58.3 cm³/mol. The van der Waals surface area contributed by atoms with Crippen molar-refractivity contribution < 1.29 is 24.2 Å². The number of ketones is 1. The minimum absolute atomic E-state index is 0.128. The Bertz CT molecular complexity index is 466. The highest BCUT2D eigenvalue weighted by molar-refractivity contribution is 6.08. The molecule has 0 bridgehead atoms. The minimum Gasteiger partial charge on any atom is -0.481 e. The van der Waals surface area contributed by atoms with Gasteiger partial charge < -0.3 is 14.6 Å². The van der Waals surface area contributed by atoms with Crippen LogP contribution >= 0.6 is 0 Å². The summed E-state index contributed by atoms with van der Waals surface area (Å²) in [5.41, 5.74) is 0.337. The van der Waals surface area contributed by atoms with E-state index in [1.165, 1.54) is 6.07 Å². The number of carbonyl (C=O) groups excluding carboxylic acids is 1. The van der Waals surface area contributed by atoms with Gasteiger partial charge in [-0.15, -0.1) is 0 Å². The first kappa shape index (κ1) is 11.4. The number of fused-ring (bicyclic) bond motifs is 1. The molecule has 1 aromatic rings. The van der Waals surface area contributed by atoms with Crippen LogP contribution in [0.2, 0.25) is 0 Å². The van der Waals surface area contributed by atoms with Gasteiger partial charge >= 0.3 is 5.97 Å². The Morgan fingerprint density at radius 2 is 2.06 bits per heavy atom. The van der Waals surface area contributed by atoms with Crippen LogP contribution in [0.25, 0.3) is 0 Å². The topological polar surface area (TPSA) is 72.8 Å². The van der Waals surface area contributed by atoms with Crippen molar-refractivity contribution in [2.75, 3.05) is 6.79 Å². The van der Waals surface area contributed by atoms with Crippen molar-refractivity contribution in [2.45, 2.75) is 13.3 Å². The summed E-state index contributed by atoms with van der Waals surface area (Å²) in [4.78, 5) is 22.8. The third kappa shape index (κ3) is 2.08. The number of carboxylic acid groups (broad SMARTS) is 1. The molecule has 1 heterocycles. The van der Waals surface area contributed by atoms with Crippen molar-refractivity contribution in [3.63, 3.8) is 0 Å². The average Bonchev–Trinajstić information content (AvgIpc) is 2.75. The Hall–Kier alpha value is -2.04. The summed E-state index contributed by atoms with van der Waals surface area (Å²) in [7, 11) is 0. The Labute approximate surface area is 98.0 Å². The fraction of sp³-hybridized carbons (Fsp3) is 0.333. The number of carboxylic acids is 1. The molecule has 1 aliphatic rings. The Balaban J connectivity index is 2.28. The van der Waals surface area contributed by atoms with E-state index < -0.39 is 17.7 Å². The van der Waals surface area contributed by atoms with E-state index in [-0.39, 0.29) is 13.2 Å². The van der Waals surface area contributed by atoms with Gasteiger partial charge in [0.15, 0.2) is 17.3 Å². The van der Waals surface area contributed by atoms with E-state index in [2.05, 4.69) is 0 Å². The summed E-state index contributed by atoms with van der Waals surface area (Å²) < 4.78 is 10.3. The van der Waals surface area contributed by atoms with E-state index in [1.807, 2.05) is 0 Å². The van der Waals surface area contributed by atoms with Crippen LogP contribution in [-0.4, -0.2) is 23.7 Å². The van der Waals surface area contributed by atoms with Crippen LogP contribution in [0, 0.1) is 5.92 Å². The highest BCUT2D eigenvalue weighted by Gasteiger charge is 2.26. The van der Waals surface area contributed by atoms with Gasteiger partial charge in [-0.25, -0.2) is 0 Å². The lowest BCUT2D eigenvalue weighted by Crippen LogP contribution is -2.23. The van der Waals surface area contributed by atoms with Crippen LogP contribution in [0.1, 0.15) is 23.7 Å². The molecule has 5 nitrogen and oxygen atoms in total. The molecule has 0 amide bonds. The molecule has 2 rings (SSSR count). The summed E-state index contributed by atoms with van der Waals surface area (Å²) in [5, 5.41) is 8.92. The number of rotatable bonds is 4. The molecule has 0 radical (unpaired) electrons. The first-order valence-corrected chi connectivity index (χ1v) is 5.30. The number of aliphatic carboxylic acids is 1. The maximum Gasteiger partial charge on any atom is 0.314 e. The quantitative estimate of drug-likeness (QED) is 0.636. The molecule has 0 aliphatic carbocycles. The summed E-state index contributed by atoms with van der Waals surface area (Å²) in [6.45, 7) is 1.80. The van der Waals surface area contributed by atoms with Crippen LogP contribution in [0.15, 0.2) is 18.2 Å². The predicted octanol–water partition coefficient (Wildman–Crippen LogP) is 1.71. The molecule has 0 saturated heterocycles. The van der Waals surface area contributed by atoms with Gasteiger partial charge in [0.1, 0.15) is 5.92 Å². The third-order valence-electron chi connectivity index (χ3n) is 2.68. The lowest BCUT2D eigenvalue weighted by atomic mass is 9.95. The van der Waals surface area contributed by atoms with Crippen LogP contribution in [0.4, 0.5) is 0 Å². The Morgan fingerprint density at radius 1 is 1.35 bits per heavy atom. The second-order valence-electron chi connectivity index (χ2n) is 3.73. The van der Waals surface area contributed by atoms with Crippen LogP contribution < -0.4 is 9.47 Å². The first-order valence-electron chi connectivity index (χ1n) is 5.30. The van der Waals surface area contributed by atoms with E-state index in [1.54, 1.807) is 19.1 Å². The monoisotopic (exact) mass is 236 g/mol. The number of hydrogen-bond acceptors (Lipinski definition) is 4. The molecule has 5 heteroatoms. The molecule has 0 aromatic heterocycles. The van der Waals surface area contributed by atoms with Gasteiger partial charge in [0.2, 0.25) is 6.79 Å². The van der Waals surface area contributed by atoms with Crippen molar-refractivity contribution in [3.8, 4) is 11.5 Å². The second kappa shape index (κ2) is 4.45. The summed E-state index contributed by atoms with van der Waals surface area (Å²) >= 11 is 0. The molecular formula is C12H12O5. The number of benzene rings is 1. The zero-order valence-electron chi connectivity index (χ0n) is 9.30. The van der Waals surface area contributed by atoms with Gasteiger partial charge in [-0.05, 0) is 24.6 Å². The standard InChI is InChI=1S/C12H12O5/c1-2-8(12(14)15)11(13)7-3-4-9-10(5-7)17-6-16-9/h3-5,8H,2,6H2,1H3,(H,14,15). The van der Waals surface area contributed by atoms with E-state index in [9.17, 15) is 9.59 Å². The zero-order valence-corrected chi connectivity index (χ0v) is 9.30. The average molecular weight is 236 g/mol. The Kier molecular flexibility index (Phi) is 2.99. The van der Waals surface area contributed by atoms with Gasteiger partial charge in [0, 0.05) is 5.56 Å². The van der Waals surface area contributed by atoms with Gasteiger partial charge in [0.25, 0.3) is 0 Å². The van der Waals surface area contributed by atoms with Crippen molar-refractivity contribution in [3.05, 3.63) is 23.8 Å². The van der Waals surface area contributed by atoms with Gasteiger partial charge in [-0.1, -0.05) is 6.92 Å². The number of hydrogen-bond donors (Lipinski definition) is 1. The van der Waals surface area contributed by atoms with Crippen LogP contribution in [-0.2, 0) is 4.79 Å². The van der Waals surface area contributed by atoms with Gasteiger partial charge in [-0.3, -0.25) is 9.59 Å².